The Morgan fingerprint density at radius 2 is 1.50 bits per heavy atom. The van der Waals surface area contributed by atoms with Gasteiger partial charge in [0.15, 0.2) is 0 Å². The van der Waals surface area contributed by atoms with Gasteiger partial charge in [-0.2, -0.15) is 0 Å². The van der Waals surface area contributed by atoms with Gasteiger partial charge in [-0.15, -0.1) is 0 Å². The Hall–Kier alpha value is 0.376. The van der Waals surface area contributed by atoms with Gasteiger partial charge < -0.3 is 15.9 Å². The van der Waals surface area contributed by atoms with E-state index in [-0.39, 0.29) is 57.3 Å². The van der Waals surface area contributed by atoms with Gasteiger partial charge in [0.05, 0.1) is 0 Å². The molecule has 0 aliphatic rings. The molecular formula is C4H10KNO4. The molecule has 0 saturated carbocycles. The van der Waals surface area contributed by atoms with Gasteiger partial charge in [0, 0.05) is 6.42 Å². The van der Waals surface area contributed by atoms with Crippen LogP contribution in [0, 0.1) is 0 Å². The molecule has 0 aromatic rings. The number of primary amides is 1. The number of carboxylic acid groups (broad SMARTS) is 2. The number of hydrogen-bond donors (Lipinski definition) is 3. The fraction of sp³-hybridized carbons (Fsp3) is 0.500. The van der Waals surface area contributed by atoms with E-state index in [2.05, 4.69) is 5.73 Å². The molecule has 5 nitrogen and oxygen atoms in total. The molecule has 0 atom stereocenters. The van der Waals surface area contributed by atoms with Crippen LogP contribution in [0.4, 0.5) is 4.79 Å². The molecular weight excluding hydrogens is 165 g/mol. The Bertz CT molecular complexity index is 101. The fourth-order valence-corrected chi connectivity index (χ4v) is 0. The summed E-state index contributed by atoms with van der Waals surface area (Å²) in [5.74, 6) is -0.245. The Balaban J connectivity index is -0.0000000910. The molecule has 0 radical (unpaired) electrons. The van der Waals surface area contributed by atoms with Crippen LogP contribution >= 0.6 is 0 Å². The van der Waals surface area contributed by atoms with Gasteiger partial charge in [0.1, 0.15) is 0 Å². The van der Waals surface area contributed by atoms with Gasteiger partial charge in [-0.1, -0.05) is 6.92 Å². The Morgan fingerprint density at radius 3 is 1.50 bits per heavy atom. The van der Waals surface area contributed by atoms with E-state index in [9.17, 15) is 4.79 Å². The molecule has 0 bridgehead atoms. The summed E-state index contributed by atoms with van der Waals surface area (Å²) < 4.78 is 0. The molecule has 4 N–H and O–H groups in total. The van der Waals surface area contributed by atoms with Crippen LogP contribution in [0.5, 0.6) is 0 Å². The van der Waals surface area contributed by atoms with Gasteiger partial charge in [-0.05, 0) is 0 Å². The number of carbonyl (C=O) groups excluding carboxylic acids is 1. The van der Waals surface area contributed by atoms with Crippen molar-refractivity contribution >= 4 is 63.4 Å². The second-order valence-electron chi connectivity index (χ2n) is 1.10. The molecule has 0 aliphatic heterocycles. The van der Waals surface area contributed by atoms with Crippen molar-refractivity contribution in [1.29, 1.82) is 0 Å². The summed E-state index contributed by atoms with van der Waals surface area (Å²) in [4.78, 5) is 18.1. The van der Waals surface area contributed by atoms with E-state index in [0.717, 1.165) is 0 Å². The van der Waals surface area contributed by atoms with Crippen LogP contribution in [-0.4, -0.2) is 73.7 Å². The molecule has 0 spiro atoms. The third-order valence-electron chi connectivity index (χ3n) is 0.348. The maximum atomic E-state index is 9.59. The first kappa shape index (κ1) is 16.8. The minimum absolute atomic E-state index is 0. The average molecular weight is 175 g/mol. The van der Waals surface area contributed by atoms with Gasteiger partial charge in [-0.3, -0.25) is 4.79 Å². The van der Waals surface area contributed by atoms with Crippen LogP contribution in [0.3, 0.4) is 0 Å². The number of carbonyl (C=O) groups is 2. The second kappa shape index (κ2) is 12.1. The summed E-state index contributed by atoms with van der Waals surface area (Å²) in [7, 11) is 0. The maximum absolute atomic E-state index is 9.59. The molecule has 6 heteroatoms. The quantitative estimate of drug-likeness (QED) is 0.466. The molecule has 0 saturated heterocycles. The molecule has 0 aliphatic carbocycles. The minimum atomic E-state index is -1.83. The van der Waals surface area contributed by atoms with Crippen LogP contribution in [0.1, 0.15) is 13.3 Å². The molecule has 0 aromatic heterocycles. The third-order valence-corrected chi connectivity index (χ3v) is 0.348. The summed E-state index contributed by atoms with van der Waals surface area (Å²) in [5.41, 5.74) is 4.65. The van der Waals surface area contributed by atoms with Gasteiger partial charge in [-0.25, -0.2) is 4.79 Å². The number of nitrogens with two attached hydrogens (primary N) is 1. The van der Waals surface area contributed by atoms with Crippen LogP contribution in [-0.2, 0) is 4.79 Å². The summed E-state index contributed by atoms with van der Waals surface area (Å²) in [6.07, 6.45) is -1.39. The summed E-state index contributed by atoms with van der Waals surface area (Å²) >= 11 is 0. The summed E-state index contributed by atoms with van der Waals surface area (Å²) in [5, 5.41) is 13.9. The topological polar surface area (TPSA) is 101 Å². The molecule has 0 unspecified atom stereocenters. The van der Waals surface area contributed by atoms with Gasteiger partial charge >= 0.3 is 57.5 Å². The zero-order valence-electron chi connectivity index (χ0n) is 5.00. The van der Waals surface area contributed by atoms with E-state index in [1.165, 1.54) is 0 Å². The van der Waals surface area contributed by atoms with Crippen molar-refractivity contribution in [3.05, 3.63) is 0 Å². The van der Waals surface area contributed by atoms with Crippen molar-refractivity contribution in [2.75, 3.05) is 0 Å². The zero-order valence-corrected chi connectivity index (χ0v) is 5.00. The van der Waals surface area contributed by atoms with E-state index in [0.29, 0.717) is 6.42 Å². The van der Waals surface area contributed by atoms with Crippen molar-refractivity contribution in [3.8, 4) is 0 Å². The van der Waals surface area contributed by atoms with E-state index in [4.69, 9.17) is 15.0 Å². The fourth-order valence-electron chi connectivity index (χ4n) is 0. The van der Waals surface area contributed by atoms with Crippen molar-refractivity contribution in [2.24, 2.45) is 5.73 Å². The number of amides is 1. The van der Waals surface area contributed by atoms with Crippen LogP contribution in [0.15, 0.2) is 0 Å². The first-order valence-corrected chi connectivity index (χ1v) is 2.20. The molecule has 0 fully saturated rings. The van der Waals surface area contributed by atoms with Crippen LogP contribution in [0.2, 0.25) is 0 Å². The normalized spacial score (nSPS) is 6.10. The molecule has 56 valence electrons. The SMILES string of the molecule is CCC(N)=O.O=C(O)O.[KH]. The molecule has 0 rings (SSSR count). The Kier molecular flexibility index (Phi) is 20.3. The predicted octanol–water partition coefficient (Wildman–Crippen LogP) is -0.544. The van der Waals surface area contributed by atoms with Crippen LogP contribution in [0.25, 0.3) is 0 Å². The predicted molar refractivity (Wildman–Crippen MR) is 37.3 cm³/mol. The summed E-state index contributed by atoms with van der Waals surface area (Å²) in [6.45, 7) is 1.72. The first-order valence-electron chi connectivity index (χ1n) is 2.20. The molecule has 0 heterocycles. The monoisotopic (exact) mass is 175 g/mol. The molecule has 1 amide bonds. The molecule has 10 heavy (non-hydrogen) atoms. The number of rotatable bonds is 1. The van der Waals surface area contributed by atoms with Gasteiger partial charge in [0.2, 0.25) is 5.91 Å². The summed E-state index contributed by atoms with van der Waals surface area (Å²) in [6, 6.07) is 0. The zero-order chi connectivity index (χ0) is 7.86. The van der Waals surface area contributed by atoms with Gasteiger partial charge in [0.25, 0.3) is 0 Å². The van der Waals surface area contributed by atoms with E-state index in [1.54, 1.807) is 6.92 Å². The molecule has 0 aromatic carbocycles. The third kappa shape index (κ3) is 80.7. The Labute approximate surface area is 101 Å². The van der Waals surface area contributed by atoms with Crippen LogP contribution < -0.4 is 5.73 Å². The van der Waals surface area contributed by atoms with E-state index in [1.807, 2.05) is 0 Å². The number of hydrogen-bond acceptors (Lipinski definition) is 2. The van der Waals surface area contributed by atoms with Crippen molar-refractivity contribution in [2.45, 2.75) is 13.3 Å². The van der Waals surface area contributed by atoms with E-state index < -0.39 is 6.16 Å². The standard InChI is InChI=1S/C3H7NO.CH2O3.K.H/c1-2-3(4)5;2-1(3)4;;/h2H2,1H3,(H2,4,5);(H2,2,3,4);;. The average Bonchev–Trinajstić information content (AvgIpc) is 1.65. The van der Waals surface area contributed by atoms with E-state index >= 15 is 0 Å². The Morgan fingerprint density at radius 1 is 1.40 bits per heavy atom. The first-order chi connectivity index (χ1) is 4.00. The van der Waals surface area contributed by atoms with Crippen molar-refractivity contribution < 1.29 is 19.8 Å². The second-order valence-corrected chi connectivity index (χ2v) is 1.10. The van der Waals surface area contributed by atoms with Crippen molar-refractivity contribution in [1.82, 2.24) is 0 Å². The van der Waals surface area contributed by atoms with Crippen molar-refractivity contribution in [3.63, 3.8) is 0 Å².